The van der Waals surface area contributed by atoms with Crippen LogP contribution in [0.15, 0.2) is 46.2 Å². The van der Waals surface area contributed by atoms with Gasteiger partial charge >= 0.3 is 5.97 Å². The van der Waals surface area contributed by atoms with Crippen LogP contribution in [0, 0.1) is 13.8 Å². The highest BCUT2D eigenvalue weighted by molar-refractivity contribution is 7.99. The van der Waals surface area contributed by atoms with Gasteiger partial charge in [0.2, 0.25) is 0 Å². The zero-order valence-corrected chi connectivity index (χ0v) is 11.6. The molecule has 3 N–H and O–H groups in total. The Bertz CT molecular complexity index is 638. The van der Waals surface area contributed by atoms with Gasteiger partial charge in [-0.2, -0.15) is 0 Å². The number of hydrogen-bond acceptors (Lipinski definition) is 3. The lowest BCUT2D eigenvalue weighted by Gasteiger charge is -2.08. The maximum Gasteiger partial charge on any atom is 0.336 e. The fourth-order valence-corrected chi connectivity index (χ4v) is 2.73. The molecular formula is C15H15NO2S. The Balaban J connectivity index is 2.37. The van der Waals surface area contributed by atoms with Gasteiger partial charge in [-0.3, -0.25) is 0 Å². The summed E-state index contributed by atoms with van der Waals surface area (Å²) in [7, 11) is 0. The van der Waals surface area contributed by atoms with Gasteiger partial charge in [0.15, 0.2) is 0 Å². The van der Waals surface area contributed by atoms with Gasteiger partial charge in [-0.1, -0.05) is 17.8 Å². The lowest BCUT2D eigenvalue weighted by molar-refractivity contribution is 0.0693. The summed E-state index contributed by atoms with van der Waals surface area (Å²) in [5, 5.41) is 9.20. The van der Waals surface area contributed by atoms with E-state index in [4.69, 9.17) is 5.73 Å². The second-order valence-electron chi connectivity index (χ2n) is 4.41. The van der Waals surface area contributed by atoms with E-state index in [1.165, 1.54) is 29.0 Å². The minimum Gasteiger partial charge on any atom is -0.478 e. The first-order valence-electron chi connectivity index (χ1n) is 5.85. The molecule has 0 fully saturated rings. The molecule has 0 aromatic heterocycles. The van der Waals surface area contributed by atoms with Crippen LogP contribution in [0.3, 0.4) is 0 Å². The Morgan fingerprint density at radius 1 is 1.11 bits per heavy atom. The first kappa shape index (κ1) is 13.5. The minimum atomic E-state index is -0.960. The number of anilines is 1. The molecule has 19 heavy (non-hydrogen) atoms. The van der Waals surface area contributed by atoms with E-state index in [1.807, 2.05) is 19.1 Å². The third kappa shape index (κ3) is 3.09. The zero-order valence-electron chi connectivity index (χ0n) is 10.8. The predicted octanol–water partition coefficient (Wildman–Crippen LogP) is 3.74. The van der Waals surface area contributed by atoms with Crippen LogP contribution in [0.25, 0.3) is 0 Å². The molecule has 3 nitrogen and oxygen atoms in total. The van der Waals surface area contributed by atoms with Crippen molar-refractivity contribution in [2.45, 2.75) is 23.6 Å². The summed E-state index contributed by atoms with van der Waals surface area (Å²) in [5.41, 5.74) is 8.74. The molecular weight excluding hydrogens is 258 g/mol. The summed E-state index contributed by atoms with van der Waals surface area (Å²) >= 11 is 1.44. The van der Waals surface area contributed by atoms with E-state index in [0.717, 1.165) is 4.90 Å². The van der Waals surface area contributed by atoms with Crippen molar-refractivity contribution in [2.75, 3.05) is 5.73 Å². The molecule has 0 unspecified atom stereocenters. The van der Waals surface area contributed by atoms with Crippen LogP contribution in [-0.2, 0) is 0 Å². The molecule has 0 bridgehead atoms. The Hall–Kier alpha value is -1.94. The standard InChI is InChI=1S/C15H15NO2S/c1-9-3-5-12(7-10(9)2)19-14-6-4-11(16)8-13(14)15(17)18/h3-8H,16H2,1-2H3,(H,17,18). The van der Waals surface area contributed by atoms with Crippen molar-refractivity contribution in [3.63, 3.8) is 0 Å². The largest absolute Gasteiger partial charge is 0.478 e. The third-order valence-corrected chi connectivity index (χ3v) is 4.01. The van der Waals surface area contributed by atoms with Gasteiger partial charge in [0.25, 0.3) is 0 Å². The fraction of sp³-hybridized carbons (Fsp3) is 0.133. The number of benzene rings is 2. The average molecular weight is 273 g/mol. The van der Waals surface area contributed by atoms with Gasteiger partial charge in [-0.15, -0.1) is 0 Å². The van der Waals surface area contributed by atoms with E-state index >= 15 is 0 Å². The lowest BCUT2D eigenvalue weighted by Crippen LogP contribution is -2.00. The second kappa shape index (κ2) is 5.36. The highest BCUT2D eigenvalue weighted by Crippen LogP contribution is 2.32. The summed E-state index contributed by atoms with van der Waals surface area (Å²) in [4.78, 5) is 12.9. The van der Waals surface area contributed by atoms with Crippen LogP contribution >= 0.6 is 11.8 Å². The summed E-state index contributed by atoms with van der Waals surface area (Å²) < 4.78 is 0. The smallest absolute Gasteiger partial charge is 0.336 e. The predicted molar refractivity (Wildman–Crippen MR) is 77.9 cm³/mol. The maximum atomic E-state index is 11.2. The topological polar surface area (TPSA) is 63.3 Å². The van der Waals surface area contributed by atoms with Gasteiger partial charge in [-0.25, -0.2) is 4.79 Å². The molecule has 0 spiro atoms. The number of rotatable bonds is 3. The van der Waals surface area contributed by atoms with Gasteiger partial charge < -0.3 is 10.8 Å². The van der Waals surface area contributed by atoms with Crippen molar-refractivity contribution in [3.8, 4) is 0 Å². The Morgan fingerprint density at radius 3 is 2.47 bits per heavy atom. The Morgan fingerprint density at radius 2 is 1.84 bits per heavy atom. The quantitative estimate of drug-likeness (QED) is 0.836. The first-order valence-corrected chi connectivity index (χ1v) is 6.67. The van der Waals surface area contributed by atoms with Gasteiger partial charge in [0.05, 0.1) is 5.56 Å². The molecule has 2 rings (SSSR count). The number of hydrogen-bond donors (Lipinski definition) is 2. The van der Waals surface area contributed by atoms with Gasteiger partial charge in [0, 0.05) is 15.5 Å². The molecule has 2 aromatic rings. The molecule has 4 heteroatoms. The molecule has 0 aliphatic carbocycles. The van der Waals surface area contributed by atoms with Crippen LogP contribution in [-0.4, -0.2) is 11.1 Å². The van der Waals surface area contributed by atoms with Crippen molar-refractivity contribution >= 4 is 23.4 Å². The molecule has 0 saturated carbocycles. The highest BCUT2D eigenvalue weighted by atomic mass is 32.2. The van der Waals surface area contributed by atoms with Crippen LogP contribution in [0.5, 0.6) is 0 Å². The van der Waals surface area contributed by atoms with Crippen molar-refractivity contribution in [1.29, 1.82) is 0 Å². The van der Waals surface area contributed by atoms with E-state index in [2.05, 4.69) is 13.0 Å². The van der Waals surface area contributed by atoms with E-state index < -0.39 is 5.97 Å². The number of carboxylic acid groups (broad SMARTS) is 1. The van der Waals surface area contributed by atoms with E-state index in [1.54, 1.807) is 12.1 Å². The van der Waals surface area contributed by atoms with Crippen molar-refractivity contribution in [2.24, 2.45) is 0 Å². The number of aromatic carboxylic acids is 1. The van der Waals surface area contributed by atoms with Crippen molar-refractivity contribution in [1.82, 2.24) is 0 Å². The van der Waals surface area contributed by atoms with Crippen LogP contribution < -0.4 is 5.73 Å². The zero-order chi connectivity index (χ0) is 14.0. The number of carboxylic acids is 1. The van der Waals surface area contributed by atoms with Gasteiger partial charge in [0.1, 0.15) is 0 Å². The van der Waals surface area contributed by atoms with E-state index in [0.29, 0.717) is 10.6 Å². The lowest BCUT2D eigenvalue weighted by atomic mass is 10.1. The molecule has 0 radical (unpaired) electrons. The summed E-state index contributed by atoms with van der Waals surface area (Å²) in [6.07, 6.45) is 0. The molecule has 0 heterocycles. The normalized spacial score (nSPS) is 10.4. The highest BCUT2D eigenvalue weighted by Gasteiger charge is 2.11. The summed E-state index contributed by atoms with van der Waals surface area (Å²) in [6.45, 7) is 4.09. The molecule has 98 valence electrons. The minimum absolute atomic E-state index is 0.239. The monoisotopic (exact) mass is 273 g/mol. The Labute approximate surface area is 116 Å². The van der Waals surface area contributed by atoms with Crippen LogP contribution in [0.4, 0.5) is 5.69 Å². The molecule has 0 aliphatic rings. The van der Waals surface area contributed by atoms with E-state index in [9.17, 15) is 9.90 Å². The van der Waals surface area contributed by atoms with Crippen LogP contribution in [0.2, 0.25) is 0 Å². The molecule has 2 aromatic carbocycles. The molecule has 0 saturated heterocycles. The Kier molecular flexibility index (Phi) is 3.81. The fourth-order valence-electron chi connectivity index (χ4n) is 1.71. The second-order valence-corrected chi connectivity index (χ2v) is 5.52. The number of carbonyl (C=O) groups is 1. The molecule has 0 aliphatic heterocycles. The SMILES string of the molecule is Cc1ccc(Sc2ccc(N)cc2C(=O)O)cc1C. The number of nitrogen functional groups attached to an aromatic ring is 1. The van der Waals surface area contributed by atoms with Crippen LogP contribution in [0.1, 0.15) is 21.5 Å². The number of nitrogens with two attached hydrogens (primary N) is 1. The van der Waals surface area contributed by atoms with Gasteiger partial charge in [-0.05, 0) is 55.3 Å². The third-order valence-electron chi connectivity index (χ3n) is 2.94. The van der Waals surface area contributed by atoms with E-state index in [-0.39, 0.29) is 5.56 Å². The van der Waals surface area contributed by atoms with Crippen molar-refractivity contribution < 1.29 is 9.90 Å². The summed E-state index contributed by atoms with van der Waals surface area (Å²) in [6, 6.07) is 11.0. The summed E-state index contributed by atoms with van der Waals surface area (Å²) in [5.74, 6) is -0.960. The van der Waals surface area contributed by atoms with Crippen molar-refractivity contribution in [3.05, 3.63) is 53.1 Å². The molecule has 0 amide bonds. The maximum absolute atomic E-state index is 11.2. The average Bonchev–Trinajstić information content (AvgIpc) is 2.36. The number of aryl methyl sites for hydroxylation is 2. The molecule has 0 atom stereocenters. The first-order chi connectivity index (χ1) is 8.97.